The van der Waals surface area contributed by atoms with E-state index in [1.807, 2.05) is 0 Å². The average Bonchev–Trinajstić information content (AvgIpc) is 3.62. The van der Waals surface area contributed by atoms with Gasteiger partial charge in [0.15, 0.2) is 5.82 Å². The molecule has 5 rings (SSSR count). The van der Waals surface area contributed by atoms with Gasteiger partial charge in [0.1, 0.15) is 28.9 Å². The van der Waals surface area contributed by atoms with E-state index in [9.17, 15) is 23.2 Å². The summed E-state index contributed by atoms with van der Waals surface area (Å²) in [5, 5.41) is 15.9. The number of hydrogen-bond acceptors (Lipinski definition) is 9. The molecule has 0 spiro atoms. The van der Waals surface area contributed by atoms with Gasteiger partial charge in [-0.1, -0.05) is 24.6 Å². The maximum absolute atomic E-state index is 14.4. The highest BCUT2D eigenvalue weighted by molar-refractivity contribution is 7.13. The van der Waals surface area contributed by atoms with E-state index < -0.39 is 29.4 Å². The van der Waals surface area contributed by atoms with E-state index >= 15 is 0 Å². The van der Waals surface area contributed by atoms with E-state index in [1.165, 1.54) is 54.0 Å². The third-order valence-corrected chi connectivity index (χ3v) is 8.18. The van der Waals surface area contributed by atoms with E-state index in [2.05, 4.69) is 30.3 Å². The highest BCUT2D eigenvalue weighted by Gasteiger charge is 2.30. The van der Waals surface area contributed by atoms with E-state index in [0.29, 0.717) is 21.6 Å². The number of benzene rings is 2. The number of aromatic nitrogens is 4. The minimum absolute atomic E-state index is 0.0497. The number of amides is 2. The molecule has 0 saturated carbocycles. The number of nitrogens with one attached hydrogen (secondary N) is 4. The predicted octanol–water partition coefficient (Wildman–Crippen LogP) is 6.32. The van der Waals surface area contributed by atoms with Crippen LogP contribution in [0.1, 0.15) is 57.7 Å². The predicted molar refractivity (Wildman–Crippen MR) is 176 cm³/mol. The number of anilines is 2. The van der Waals surface area contributed by atoms with Crippen LogP contribution in [0.5, 0.6) is 0 Å². The Kier molecular flexibility index (Phi) is 10.1. The van der Waals surface area contributed by atoms with Crippen LogP contribution < -0.4 is 16.0 Å². The second-order valence-electron chi connectivity index (χ2n) is 10.4. The summed E-state index contributed by atoms with van der Waals surface area (Å²) in [4.78, 5) is 48.4. The van der Waals surface area contributed by atoms with Gasteiger partial charge in [-0.2, -0.15) is 4.37 Å². The van der Waals surface area contributed by atoms with Gasteiger partial charge in [0.05, 0.1) is 16.9 Å². The zero-order valence-corrected chi connectivity index (χ0v) is 26.5. The second kappa shape index (κ2) is 14.4. The molecule has 0 fully saturated rings. The van der Waals surface area contributed by atoms with E-state index in [-0.39, 0.29) is 52.3 Å². The first-order chi connectivity index (χ1) is 22.5. The molecule has 240 valence electrons. The molecule has 3 heterocycles. The average molecular weight is 677 g/mol. The van der Waals surface area contributed by atoms with Crippen LogP contribution in [0.3, 0.4) is 0 Å². The highest BCUT2D eigenvalue weighted by Crippen LogP contribution is 2.36. The maximum Gasteiger partial charge on any atom is 0.287 e. The number of nitrogens with zero attached hydrogens (tertiary/aromatic N) is 4. The van der Waals surface area contributed by atoms with E-state index in [0.717, 1.165) is 17.7 Å². The Labute approximate surface area is 276 Å². The first-order valence-corrected chi connectivity index (χ1v) is 15.3. The molecule has 0 saturated heterocycles. The van der Waals surface area contributed by atoms with Crippen molar-refractivity contribution in [2.45, 2.75) is 32.9 Å². The molecule has 1 atom stereocenters. The number of imidazole rings is 1. The Hall–Kier alpha value is -5.34. The fraction of sp³-hybridized carbons (Fsp3) is 0.156. The molecule has 5 aromatic rings. The molecule has 4 N–H and O–H groups in total. The molecule has 2 amide bonds. The van der Waals surface area contributed by atoms with Crippen LogP contribution in [0.4, 0.5) is 20.4 Å². The van der Waals surface area contributed by atoms with Crippen molar-refractivity contribution in [3.63, 3.8) is 0 Å². The summed E-state index contributed by atoms with van der Waals surface area (Å²) in [6.07, 6.45) is 5.71. The Morgan fingerprint density at radius 1 is 1.09 bits per heavy atom. The van der Waals surface area contributed by atoms with Crippen molar-refractivity contribution >= 4 is 68.7 Å². The van der Waals surface area contributed by atoms with Gasteiger partial charge in [0.2, 0.25) is 5.82 Å². The topological polar surface area (TPSA) is 155 Å². The molecule has 3 aromatic heterocycles. The number of fused-ring (bicyclic) bond motifs is 1. The lowest BCUT2D eigenvalue weighted by Crippen LogP contribution is -2.28. The van der Waals surface area contributed by atoms with Crippen molar-refractivity contribution in [2.75, 3.05) is 10.6 Å². The number of halogens is 3. The Morgan fingerprint density at radius 2 is 1.85 bits per heavy atom. The Morgan fingerprint density at radius 3 is 2.57 bits per heavy atom. The summed E-state index contributed by atoms with van der Waals surface area (Å²) in [6, 6.07) is 11.2. The molecular weight excluding hydrogens is 650 g/mol. The third-order valence-electron chi connectivity index (χ3n) is 7.01. The lowest BCUT2D eigenvalue weighted by molar-refractivity contribution is -0.117. The van der Waals surface area contributed by atoms with Crippen LogP contribution in [0.25, 0.3) is 10.1 Å². The standard InChI is InChI=1S/C32H27ClF2N8O3S/c1-17(44)16-43-28(18(2)22-12-20(34)5-7-24(22)33)29(41-31(45)27-23-13-21(35)6-8-25(23)47-42-27)40-30(43)32(46)39-15-19-4-9-26(38-14-19)37-11-3-10-36/h3-14,18,36H,15-16H2,1-2H3,(H,37,38)(H,39,46)(H,41,45)/b11-3-,36-10?/t18-/m0/s1. The maximum atomic E-state index is 14.4. The van der Waals surface area contributed by atoms with Crippen molar-refractivity contribution in [3.8, 4) is 0 Å². The second-order valence-corrected chi connectivity index (χ2v) is 11.6. The third kappa shape index (κ3) is 7.56. The van der Waals surface area contributed by atoms with Crippen molar-refractivity contribution < 1.29 is 23.2 Å². The number of allylic oxidation sites excluding steroid dienone is 1. The van der Waals surface area contributed by atoms with Gasteiger partial charge < -0.3 is 25.9 Å². The van der Waals surface area contributed by atoms with Gasteiger partial charge in [-0.05, 0) is 78.1 Å². The lowest BCUT2D eigenvalue weighted by Gasteiger charge is -2.19. The largest absolute Gasteiger partial charge is 0.347 e. The smallest absolute Gasteiger partial charge is 0.287 e. The summed E-state index contributed by atoms with van der Waals surface area (Å²) in [5.74, 6) is -3.33. The van der Waals surface area contributed by atoms with Crippen molar-refractivity contribution in [3.05, 3.63) is 112 Å². The molecule has 0 radical (unpaired) electrons. The number of pyridine rings is 1. The number of carbonyl (C=O) groups is 3. The number of rotatable bonds is 12. The van der Waals surface area contributed by atoms with Crippen LogP contribution in [0.2, 0.25) is 5.02 Å². The quantitative estimate of drug-likeness (QED) is 0.113. The van der Waals surface area contributed by atoms with Gasteiger partial charge >= 0.3 is 0 Å². The molecule has 0 aliphatic carbocycles. The van der Waals surface area contributed by atoms with Crippen LogP contribution >= 0.6 is 23.1 Å². The first-order valence-electron chi connectivity index (χ1n) is 14.1. The zero-order valence-electron chi connectivity index (χ0n) is 25.0. The van der Waals surface area contributed by atoms with Gasteiger partial charge in [-0.3, -0.25) is 14.4 Å². The molecular formula is C32H27ClF2N8O3S. The molecule has 15 heteroatoms. The van der Waals surface area contributed by atoms with Crippen LogP contribution in [0.15, 0.2) is 67.0 Å². The van der Waals surface area contributed by atoms with Crippen molar-refractivity contribution in [1.82, 2.24) is 24.2 Å². The Bertz CT molecular complexity index is 2030. The van der Waals surface area contributed by atoms with Crippen LogP contribution in [-0.4, -0.2) is 42.7 Å². The van der Waals surface area contributed by atoms with Gasteiger partial charge in [0, 0.05) is 41.5 Å². The molecule has 2 aromatic carbocycles. The highest BCUT2D eigenvalue weighted by atomic mass is 35.5. The fourth-order valence-electron chi connectivity index (χ4n) is 4.84. The van der Waals surface area contributed by atoms with E-state index in [1.54, 1.807) is 31.5 Å². The fourth-order valence-corrected chi connectivity index (χ4v) is 5.88. The van der Waals surface area contributed by atoms with Gasteiger partial charge in [0.25, 0.3) is 11.8 Å². The molecule has 47 heavy (non-hydrogen) atoms. The molecule has 11 nitrogen and oxygen atoms in total. The van der Waals surface area contributed by atoms with E-state index in [4.69, 9.17) is 17.0 Å². The number of carbonyl (C=O) groups excluding carboxylic acids is 3. The summed E-state index contributed by atoms with van der Waals surface area (Å²) >= 11 is 7.47. The normalized spacial score (nSPS) is 11.9. The van der Waals surface area contributed by atoms with Gasteiger partial charge in [-0.15, -0.1) is 0 Å². The monoisotopic (exact) mass is 676 g/mol. The minimum Gasteiger partial charge on any atom is -0.347 e. The van der Waals surface area contributed by atoms with Crippen LogP contribution in [0, 0.1) is 17.0 Å². The van der Waals surface area contributed by atoms with Gasteiger partial charge in [-0.25, -0.2) is 18.7 Å². The number of Topliss-reactive ketones (excluding diaryl/α,β-unsaturated/α-hetero) is 1. The molecule has 0 unspecified atom stereocenters. The first kappa shape index (κ1) is 33.0. The number of hydrogen-bond donors (Lipinski definition) is 4. The summed E-state index contributed by atoms with van der Waals surface area (Å²) in [6.45, 7) is 2.76. The zero-order chi connectivity index (χ0) is 33.7. The summed E-state index contributed by atoms with van der Waals surface area (Å²) in [7, 11) is 0. The lowest BCUT2D eigenvalue weighted by atomic mass is 9.96. The molecule has 0 aliphatic heterocycles. The SMILES string of the molecule is CC(=O)Cn1c(C(=O)NCc2ccc(N/C=C\C=N)nc2)nc(NC(=O)c2nsc3ccc(F)cc23)c1[C@@H](C)c1cc(F)ccc1Cl. The molecule has 0 bridgehead atoms. The summed E-state index contributed by atoms with van der Waals surface area (Å²) in [5.41, 5.74) is 1.14. The van der Waals surface area contributed by atoms with Crippen molar-refractivity contribution in [2.24, 2.45) is 0 Å². The summed E-state index contributed by atoms with van der Waals surface area (Å²) < 4.78 is 34.6. The van der Waals surface area contributed by atoms with Crippen molar-refractivity contribution in [1.29, 1.82) is 5.41 Å². The number of ketones is 1. The molecule has 0 aliphatic rings. The Balaban J connectivity index is 1.52. The van der Waals surface area contributed by atoms with Crippen LogP contribution in [-0.2, 0) is 17.9 Å². The minimum atomic E-state index is -0.766.